The number of hydrogen-bond acceptors (Lipinski definition) is 5. The zero-order valence-electron chi connectivity index (χ0n) is 20.3. The van der Waals surface area contributed by atoms with Crippen LogP contribution in [0.2, 0.25) is 0 Å². The molecule has 3 aromatic rings. The summed E-state index contributed by atoms with van der Waals surface area (Å²) in [6.07, 6.45) is 3.75. The monoisotopic (exact) mass is 497 g/mol. The molecule has 2 aromatic carbocycles. The van der Waals surface area contributed by atoms with Crippen molar-refractivity contribution < 1.29 is 18.5 Å². The molecule has 0 aliphatic carbocycles. The standard InChI is InChI=1S/C26H31N3O5S/c1-17-6-4-5-13-29(17)35(32)19-8-9-22-20(15-19)21(16-25(30)28-22)26(31)27-12-11-18-7-10-23(33-2)24(14-18)34-3/h7-10,14-17H,4-6,11-13H2,1-3H3,(H,27,31)(H,28,30). The van der Waals surface area contributed by atoms with E-state index in [0.29, 0.717) is 40.3 Å². The summed E-state index contributed by atoms with van der Waals surface area (Å²) in [7, 11) is 1.83. The van der Waals surface area contributed by atoms with Gasteiger partial charge in [0.1, 0.15) is 11.0 Å². The second-order valence-corrected chi connectivity index (χ2v) is 10.1. The predicted molar refractivity (Wildman–Crippen MR) is 137 cm³/mol. The predicted octanol–water partition coefficient (Wildman–Crippen LogP) is 3.41. The first-order valence-corrected chi connectivity index (χ1v) is 12.9. The Morgan fingerprint density at radius 3 is 2.66 bits per heavy atom. The zero-order chi connectivity index (χ0) is 24.9. The summed E-state index contributed by atoms with van der Waals surface area (Å²) in [6, 6.07) is 12.4. The number of fused-ring (bicyclic) bond motifs is 1. The number of rotatable bonds is 8. The van der Waals surface area contributed by atoms with Gasteiger partial charge in [-0.3, -0.25) is 9.59 Å². The molecule has 1 aromatic heterocycles. The molecule has 1 amide bonds. The number of amides is 1. The van der Waals surface area contributed by atoms with Crippen LogP contribution in [0.3, 0.4) is 0 Å². The van der Waals surface area contributed by atoms with Crippen LogP contribution in [0.25, 0.3) is 10.9 Å². The van der Waals surface area contributed by atoms with Gasteiger partial charge in [0, 0.05) is 36.1 Å². The summed E-state index contributed by atoms with van der Waals surface area (Å²) < 4.78 is 25.9. The molecule has 1 aliphatic rings. The van der Waals surface area contributed by atoms with E-state index in [-0.39, 0.29) is 23.1 Å². The molecule has 8 nitrogen and oxygen atoms in total. The smallest absolute Gasteiger partial charge is 0.252 e. The van der Waals surface area contributed by atoms with Gasteiger partial charge in [-0.15, -0.1) is 0 Å². The van der Waals surface area contributed by atoms with Gasteiger partial charge in [0.15, 0.2) is 11.5 Å². The van der Waals surface area contributed by atoms with Crippen molar-refractivity contribution >= 4 is 27.8 Å². The van der Waals surface area contributed by atoms with Crippen molar-refractivity contribution in [2.45, 2.75) is 43.5 Å². The number of hydrogen-bond donors (Lipinski definition) is 2. The van der Waals surface area contributed by atoms with Crippen LogP contribution in [0.15, 0.2) is 52.2 Å². The van der Waals surface area contributed by atoms with E-state index in [4.69, 9.17) is 9.47 Å². The maximum atomic E-state index is 13.3. The minimum absolute atomic E-state index is 0.232. The Labute approximate surface area is 207 Å². The summed E-state index contributed by atoms with van der Waals surface area (Å²) in [5.41, 5.74) is 1.42. The minimum Gasteiger partial charge on any atom is -0.493 e. The molecular weight excluding hydrogens is 466 g/mol. The summed E-state index contributed by atoms with van der Waals surface area (Å²) in [5.74, 6) is 0.915. The van der Waals surface area contributed by atoms with Crippen LogP contribution in [0.5, 0.6) is 11.5 Å². The van der Waals surface area contributed by atoms with Crippen LogP contribution in [-0.2, 0) is 17.4 Å². The molecular formula is C26H31N3O5S. The normalized spacial score (nSPS) is 17.2. The van der Waals surface area contributed by atoms with Crippen molar-refractivity contribution in [2.24, 2.45) is 0 Å². The summed E-state index contributed by atoms with van der Waals surface area (Å²) in [6.45, 7) is 3.24. The van der Waals surface area contributed by atoms with E-state index in [9.17, 15) is 13.8 Å². The summed E-state index contributed by atoms with van der Waals surface area (Å²) in [4.78, 5) is 28.7. The molecule has 9 heteroatoms. The number of aromatic amines is 1. The highest BCUT2D eigenvalue weighted by atomic mass is 32.2. The first-order chi connectivity index (χ1) is 16.9. The Kier molecular flexibility index (Phi) is 7.87. The number of piperidine rings is 1. The fourth-order valence-electron chi connectivity index (χ4n) is 4.43. The van der Waals surface area contributed by atoms with E-state index >= 15 is 0 Å². The average Bonchev–Trinajstić information content (AvgIpc) is 2.87. The van der Waals surface area contributed by atoms with Crippen LogP contribution >= 0.6 is 0 Å². The number of benzene rings is 2. The molecule has 35 heavy (non-hydrogen) atoms. The number of methoxy groups -OCH3 is 2. The molecule has 2 N–H and O–H groups in total. The van der Waals surface area contributed by atoms with Crippen LogP contribution in [0, 0.1) is 0 Å². The largest absolute Gasteiger partial charge is 0.493 e. The van der Waals surface area contributed by atoms with Gasteiger partial charge in [-0.2, -0.15) is 0 Å². The van der Waals surface area contributed by atoms with Crippen molar-refractivity contribution in [2.75, 3.05) is 27.3 Å². The molecule has 2 atom stereocenters. The summed E-state index contributed by atoms with van der Waals surface area (Å²) >= 11 is 0. The number of aromatic nitrogens is 1. The van der Waals surface area contributed by atoms with E-state index < -0.39 is 11.0 Å². The van der Waals surface area contributed by atoms with Gasteiger partial charge in [0.2, 0.25) is 5.56 Å². The lowest BCUT2D eigenvalue weighted by Gasteiger charge is -2.31. The average molecular weight is 498 g/mol. The Balaban J connectivity index is 1.53. The lowest BCUT2D eigenvalue weighted by Crippen LogP contribution is -2.38. The van der Waals surface area contributed by atoms with Gasteiger partial charge in [-0.1, -0.05) is 12.5 Å². The number of H-pyrrole nitrogens is 1. The highest BCUT2D eigenvalue weighted by Gasteiger charge is 2.25. The Morgan fingerprint density at radius 1 is 1.11 bits per heavy atom. The highest BCUT2D eigenvalue weighted by molar-refractivity contribution is 7.82. The number of carbonyl (C=O) groups is 1. The number of carbonyl (C=O) groups excluding carboxylic acids is 1. The van der Waals surface area contributed by atoms with E-state index in [1.54, 1.807) is 32.4 Å². The lowest BCUT2D eigenvalue weighted by atomic mass is 10.1. The fourth-order valence-corrected chi connectivity index (χ4v) is 5.84. The first kappa shape index (κ1) is 24.9. The summed E-state index contributed by atoms with van der Waals surface area (Å²) in [5, 5.41) is 3.47. The molecule has 0 saturated carbocycles. The molecule has 1 fully saturated rings. The fraction of sp³-hybridized carbons (Fsp3) is 0.385. The van der Waals surface area contributed by atoms with Crippen molar-refractivity contribution in [3.63, 3.8) is 0 Å². The van der Waals surface area contributed by atoms with Crippen molar-refractivity contribution in [3.8, 4) is 11.5 Å². The second-order valence-electron chi connectivity index (χ2n) is 8.68. The van der Waals surface area contributed by atoms with Gasteiger partial charge < -0.3 is 19.8 Å². The Morgan fingerprint density at radius 2 is 1.91 bits per heavy atom. The molecule has 0 spiro atoms. The van der Waals surface area contributed by atoms with E-state index in [1.165, 1.54) is 6.07 Å². The van der Waals surface area contributed by atoms with Crippen molar-refractivity contribution in [1.82, 2.24) is 14.6 Å². The minimum atomic E-state index is -1.33. The molecule has 0 radical (unpaired) electrons. The van der Waals surface area contributed by atoms with Gasteiger partial charge in [-0.25, -0.2) is 8.51 Å². The van der Waals surface area contributed by atoms with E-state index in [1.807, 2.05) is 22.5 Å². The second kappa shape index (κ2) is 11.0. The molecule has 4 rings (SSSR count). The van der Waals surface area contributed by atoms with E-state index in [2.05, 4.69) is 17.2 Å². The third kappa shape index (κ3) is 5.57. The van der Waals surface area contributed by atoms with Crippen molar-refractivity contribution in [3.05, 3.63) is 63.9 Å². The molecule has 2 heterocycles. The van der Waals surface area contributed by atoms with Gasteiger partial charge in [-0.05, 0) is 62.1 Å². The first-order valence-electron chi connectivity index (χ1n) is 11.8. The third-order valence-corrected chi connectivity index (χ3v) is 7.99. The lowest BCUT2D eigenvalue weighted by molar-refractivity contribution is 0.0955. The number of pyridine rings is 1. The van der Waals surface area contributed by atoms with Crippen LogP contribution in [0.4, 0.5) is 0 Å². The molecule has 2 unspecified atom stereocenters. The Hall–Kier alpha value is -3.17. The van der Waals surface area contributed by atoms with Crippen LogP contribution in [0.1, 0.15) is 42.1 Å². The number of nitrogens with one attached hydrogen (secondary N) is 2. The van der Waals surface area contributed by atoms with Crippen molar-refractivity contribution in [1.29, 1.82) is 0 Å². The highest BCUT2D eigenvalue weighted by Crippen LogP contribution is 2.28. The van der Waals surface area contributed by atoms with Gasteiger partial charge >= 0.3 is 0 Å². The molecule has 1 saturated heterocycles. The molecule has 1 aliphatic heterocycles. The molecule has 0 bridgehead atoms. The number of nitrogens with zero attached hydrogens (tertiary/aromatic N) is 1. The van der Waals surface area contributed by atoms with E-state index in [0.717, 1.165) is 31.4 Å². The zero-order valence-corrected chi connectivity index (χ0v) is 21.1. The maximum absolute atomic E-state index is 13.3. The van der Waals surface area contributed by atoms with Gasteiger partial charge in [0.05, 0.1) is 24.7 Å². The van der Waals surface area contributed by atoms with Gasteiger partial charge in [0.25, 0.3) is 5.91 Å². The third-order valence-electron chi connectivity index (χ3n) is 6.36. The molecule has 186 valence electrons. The van der Waals surface area contributed by atoms with Crippen LogP contribution in [-0.4, -0.2) is 52.8 Å². The Bertz CT molecular complexity index is 1310. The topological polar surface area (TPSA) is 101 Å². The maximum Gasteiger partial charge on any atom is 0.252 e. The quantitative estimate of drug-likeness (QED) is 0.497. The number of ether oxygens (including phenoxy) is 2. The SMILES string of the molecule is COc1ccc(CCNC(=O)c2cc(=O)[nH]c3ccc(S(=O)N4CCCCC4C)cc23)cc1OC. The van der Waals surface area contributed by atoms with Crippen LogP contribution < -0.4 is 20.3 Å².